The van der Waals surface area contributed by atoms with Gasteiger partial charge in [0, 0.05) is 21.5 Å². The quantitative estimate of drug-likeness (QED) is 0.321. The molecule has 0 aliphatic carbocycles. The van der Waals surface area contributed by atoms with Crippen molar-refractivity contribution in [3.63, 3.8) is 0 Å². The number of aromatic nitrogens is 2. The maximum absolute atomic E-state index is 13.5. The SMILES string of the molecule is C/C=c1/cccc2c1c(C(C)C)nc1c3cccc4cccc(c(=O)n21)c43. The molecule has 3 heteroatoms. The Morgan fingerprint density at radius 3 is 2.33 bits per heavy atom. The van der Waals surface area contributed by atoms with Gasteiger partial charge in [-0.1, -0.05) is 62.4 Å². The van der Waals surface area contributed by atoms with E-state index in [1.807, 2.05) is 37.3 Å². The number of hydrogen-bond donors (Lipinski definition) is 0. The molecule has 5 rings (SSSR count). The molecule has 0 saturated heterocycles. The first-order valence-corrected chi connectivity index (χ1v) is 9.36. The molecule has 0 aliphatic rings. The van der Waals surface area contributed by atoms with E-state index < -0.39 is 0 Å². The van der Waals surface area contributed by atoms with E-state index in [4.69, 9.17) is 4.98 Å². The zero-order valence-electron chi connectivity index (χ0n) is 15.7. The third-order valence-corrected chi connectivity index (χ3v) is 5.45. The zero-order chi connectivity index (χ0) is 18.7. The lowest BCUT2D eigenvalue weighted by Crippen LogP contribution is -2.20. The Morgan fingerprint density at radius 2 is 1.63 bits per heavy atom. The molecule has 27 heavy (non-hydrogen) atoms. The van der Waals surface area contributed by atoms with Crippen LogP contribution < -0.4 is 10.8 Å². The van der Waals surface area contributed by atoms with Crippen molar-refractivity contribution in [1.82, 2.24) is 9.38 Å². The molecular weight excluding hydrogens is 332 g/mol. The lowest BCUT2D eigenvalue weighted by atomic mass is 9.99. The Bertz CT molecular complexity index is 1470. The Labute approximate surface area is 156 Å². The average molecular weight is 352 g/mol. The number of rotatable bonds is 1. The molecule has 0 bridgehead atoms. The minimum absolute atomic E-state index is 0.00430. The topological polar surface area (TPSA) is 34.4 Å². The van der Waals surface area contributed by atoms with Gasteiger partial charge < -0.3 is 0 Å². The minimum Gasteiger partial charge on any atom is -0.268 e. The molecule has 132 valence electrons. The molecule has 3 aromatic carbocycles. The zero-order valence-corrected chi connectivity index (χ0v) is 15.7. The normalized spacial score (nSPS) is 13.0. The summed E-state index contributed by atoms with van der Waals surface area (Å²) in [7, 11) is 0. The molecule has 5 aromatic rings. The van der Waals surface area contributed by atoms with Crippen molar-refractivity contribution >= 4 is 44.2 Å². The largest absolute Gasteiger partial charge is 0.268 e. The van der Waals surface area contributed by atoms with E-state index in [1.54, 1.807) is 4.40 Å². The number of benzene rings is 3. The highest BCUT2D eigenvalue weighted by molar-refractivity contribution is 6.14. The van der Waals surface area contributed by atoms with Crippen LogP contribution in [0, 0.1) is 0 Å². The second kappa shape index (κ2) is 5.65. The molecule has 0 radical (unpaired) electrons. The van der Waals surface area contributed by atoms with Crippen LogP contribution in [0.1, 0.15) is 32.4 Å². The van der Waals surface area contributed by atoms with Gasteiger partial charge in [0.2, 0.25) is 0 Å². The van der Waals surface area contributed by atoms with Crippen LogP contribution in [0.3, 0.4) is 0 Å². The summed E-state index contributed by atoms with van der Waals surface area (Å²) in [5.41, 5.74) is 2.70. The Morgan fingerprint density at radius 1 is 0.926 bits per heavy atom. The van der Waals surface area contributed by atoms with E-state index in [0.717, 1.165) is 49.0 Å². The number of fused-ring (bicyclic) bond motifs is 4. The molecule has 2 aromatic heterocycles. The Balaban J connectivity index is 2.22. The lowest BCUT2D eigenvalue weighted by molar-refractivity contribution is 0.833. The molecule has 0 unspecified atom stereocenters. The van der Waals surface area contributed by atoms with Gasteiger partial charge in [0.05, 0.1) is 11.2 Å². The van der Waals surface area contributed by atoms with Crippen molar-refractivity contribution in [2.75, 3.05) is 0 Å². The van der Waals surface area contributed by atoms with Crippen LogP contribution >= 0.6 is 0 Å². The summed E-state index contributed by atoms with van der Waals surface area (Å²) in [6.07, 6.45) is 2.09. The summed E-state index contributed by atoms with van der Waals surface area (Å²) >= 11 is 0. The summed E-state index contributed by atoms with van der Waals surface area (Å²) in [5.74, 6) is 0.256. The van der Waals surface area contributed by atoms with Crippen LogP contribution in [0.5, 0.6) is 0 Å². The van der Waals surface area contributed by atoms with E-state index in [-0.39, 0.29) is 11.5 Å². The second-order valence-electron chi connectivity index (χ2n) is 7.36. The number of pyridine rings is 1. The standard InChI is InChI=1S/C24H20N2O/c1-4-15-8-7-13-19-21(15)22(14(2)3)25-23-17-11-5-9-16-10-6-12-18(20(16)17)24(27)26(19)23/h4-14H,1-3H3/b15-4-. The monoisotopic (exact) mass is 352 g/mol. The lowest BCUT2D eigenvalue weighted by Gasteiger charge is -2.16. The van der Waals surface area contributed by atoms with Crippen molar-refractivity contribution in [2.45, 2.75) is 26.7 Å². The molecule has 0 fully saturated rings. The fourth-order valence-corrected chi connectivity index (χ4v) is 4.23. The Kier molecular flexibility index (Phi) is 3.35. The van der Waals surface area contributed by atoms with E-state index in [0.29, 0.717) is 0 Å². The van der Waals surface area contributed by atoms with Crippen LogP contribution in [0.15, 0.2) is 59.4 Å². The maximum Gasteiger partial charge on any atom is 0.264 e. The number of hydrogen-bond acceptors (Lipinski definition) is 2. The summed E-state index contributed by atoms with van der Waals surface area (Å²) < 4.78 is 1.80. The van der Waals surface area contributed by atoms with E-state index in [1.165, 1.54) is 0 Å². The summed E-state index contributed by atoms with van der Waals surface area (Å²) in [6.45, 7) is 6.34. The molecule has 0 amide bonds. The fourth-order valence-electron chi connectivity index (χ4n) is 4.23. The van der Waals surface area contributed by atoms with Crippen LogP contribution in [-0.4, -0.2) is 9.38 Å². The maximum atomic E-state index is 13.5. The van der Waals surface area contributed by atoms with Gasteiger partial charge in [-0.05, 0) is 35.6 Å². The van der Waals surface area contributed by atoms with Crippen molar-refractivity contribution in [3.05, 3.63) is 75.9 Å². The van der Waals surface area contributed by atoms with E-state index >= 15 is 0 Å². The van der Waals surface area contributed by atoms with Crippen LogP contribution in [0.25, 0.3) is 44.2 Å². The van der Waals surface area contributed by atoms with Gasteiger partial charge in [-0.15, -0.1) is 0 Å². The van der Waals surface area contributed by atoms with Gasteiger partial charge in [-0.2, -0.15) is 0 Å². The van der Waals surface area contributed by atoms with Gasteiger partial charge in [-0.25, -0.2) is 4.98 Å². The van der Waals surface area contributed by atoms with Gasteiger partial charge in [0.25, 0.3) is 5.56 Å². The highest BCUT2D eigenvalue weighted by atomic mass is 16.1. The first-order valence-electron chi connectivity index (χ1n) is 9.36. The molecule has 0 atom stereocenters. The molecule has 0 spiro atoms. The molecule has 0 aliphatic heterocycles. The van der Waals surface area contributed by atoms with E-state index in [9.17, 15) is 4.79 Å². The highest BCUT2D eigenvalue weighted by Crippen LogP contribution is 2.30. The fraction of sp³-hybridized carbons (Fsp3) is 0.167. The minimum atomic E-state index is -0.00430. The van der Waals surface area contributed by atoms with Gasteiger partial charge in [-0.3, -0.25) is 9.20 Å². The summed E-state index contributed by atoms with van der Waals surface area (Å²) in [4.78, 5) is 18.5. The molecule has 2 heterocycles. The number of nitrogens with zero attached hydrogens (tertiary/aromatic N) is 2. The van der Waals surface area contributed by atoms with Crippen molar-refractivity contribution in [2.24, 2.45) is 0 Å². The van der Waals surface area contributed by atoms with Gasteiger partial charge in [0.15, 0.2) is 0 Å². The average Bonchev–Trinajstić information content (AvgIpc) is 2.70. The van der Waals surface area contributed by atoms with Crippen molar-refractivity contribution in [1.29, 1.82) is 0 Å². The summed E-state index contributed by atoms with van der Waals surface area (Å²) in [6, 6.07) is 18.2. The first-order chi connectivity index (χ1) is 13.1. The predicted octanol–water partition coefficient (Wildman–Crippen LogP) is 4.80. The van der Waals surface area contributed by atoms with Gasteiger partial charge >= 0.3 is 0 Å². The Hall–Kier alpha value is -3.20. The smallest absolute Gasteiger partial charge is 0.264 e. The van der Waals surface area contributed by atoms with Crippen molar-refractivity contribution in [3.8, 4) is 0 Å². The van der Waals surface area contributed by atoms with Crippen LogP contribution in [-0.2, 0) is 0 Å². The van der Waals surface area contributed by atoms with Crippen molar-refractivity contribution < 1.29 is 0 Å². The molecule has 3 nitrogen and oxygen atoms in total. The molecule has 0 N–H and O–H groups in total. The van der Waals surface area contributed by atoms with Crippen LogP contribution in [0.2, 0.25) is 0 Å². The highest BCUT2D eigenvalue weighted by Gasteiger charge is 2.17. The van der Waals surface area contributed by atoms with E-state index in [2.05, 4.69) is 44.2 Å². The van der Waals surface area contributed by atoms with Crippen LogP contribution in [0.4, 0.5) is 0 Å². The first kappa shape index (κ1) is 16.0. The molecule has 0 saturated carbocycles. The third kappa shape index (κ3) is 2.08. The molecular formula is C24H20N2O. The second-order valence-corrected chi connectivity index (χ2v) is 7.36. The summed E-state index contributed by atoms with van der Waals surface area (Å²) in [5, 5.41) is 6.03. The third-order valence-electron chi connectivity index (χ3n) is 5.45. The van der Waals surface area contributed by atoms with Gasteiger partial charge in [0.1, 0.15) is 5.65 Å². The predicted molar refractivity (Wildman–Crippen MR) is 113 cm³/mol.